The molecule has 2 aromatic rings. The van der Waals surface area contributed by atoms with E-state index in [0.29, 0.717) is 5.92 Å². The van der Waals surface area contributed by atoms with Gasteiger partial charge < -0.3 is 26.6 Å². The first-order valence-electron chi connectivity index (χ1n) is 9.53. The third kappa shape index (κ3) is 3.35. The first kappa shape index (κ1) is 19.5. The van der Waals surface area contributed by atoms with Crippen LogP contribution in [0.25, 0.3) is 0 Å². The van der Waals surface area contributed by atoms with Crippen LogP contribution in [0, 0.1) is 5.92 Å². The zero-order valence-electron chi connectivity index (χ0n) is 15.7. The van der Waals surface area contributed by atoms with Gasteiger partial charge in [-0.1, -0.05) is 36.4 Å². The van der Waals surface area contributed by atoms with E-state index in [1.807, 2.05) is 48.5 Å². The first-order chi connectivity index (χ1) is 12.0. The van der Waals surface area contributed by atoms with Crippen LogP contribution in [-0.4, -0.2) is 40.8 Å². The first-order valence-corrected chi connectivity index (χ1v) is 9.53. The third-order valence-electron chi connectivity index (χ3n) is 6.85. The predicted octanol–water partition coefficient (Wildman–Crippen LogP) is 0.729. The standard InChI is InChI=1S/C22H29N2O.BrH/c1-24(2)19-11-12-20(24)15-17(14-19)16-22(25,18-8-4-3-5-9-18)21-10-6-7-13-23-21;/h3-10,13,17,19-20,25H,11-12,14-16H2,1-2H3;1H/q+1;/p-1. The summed E-state index contributed by atoms with van der Waals surface area (Å²) in [7, 11) is 4.78. The van der Waals surface area contributed by atoms with E-state index in [0.717, 1.165) is 29.8 Å². The van der Waals surface area contributed by atoms with Gasteiger partial charge in [0.25, 0.3) is 0 Å². The molecule has 0 aliphatic carbocycles. The van der Waals surface area contributed by atoms with E-state index in [1.54, 1.807) is 6.20 Å². The highest BCUT2D eigenvalue weighted by Crippen LogP contribution is 2.46. The highest BCUT2D eigenvalue weighted by Gasteiger charge is 2.50. The molecule has 2 aliphatic rings. The minimum Gasteiger partial charge on any atom is -1.00 e. The Morgan fingerprint density at radius 2 is 1.62 bits per heavy atom. The van der Waals surface area contributed by atoms with Crippen molar-refractivity contribution in [3.05, 3.63) is 66.0 Å². The summed E-state index contributed by atoms with van der Waals surface area (Å²) in [4.78, 5) is 4.52. The van der Waals surface area contributed by atoms with Crippen molar-refractivity contribution in [2.45, 2.75) is 49.8 Å². The Balaban J connectivity index is 0.00000196. The Kier molecular flexibility index (Phi) is 5.57. The van der Waals surface area contributed by atoms with Gasteiger partial charge in [0.1, 0.15) is 5.60 Å². The second-order valence-electron chi connectivity index (χ2n) is 8.50. The van der Waals surface area contributed by atoms with Gasteiger partial charge in [-0.3, -0.25) is 4.98 Å². The fraction of sp³-hybridized carbons (Fsp3) is 0.500. The number of fused-ring (bicyclic) bond motifs is 2. The number of pyridine rings is 1. The second-order valence-corrected chi connectivity index (χ2v) is 8.50. The number of halogens is 1. The summed E-state index contributed by atoms with van der Waals surface area (Å²) in [5, 5.41) is 11.8. The molecule has 0 radical (unpaired) electrons. The lowest BCUT2D eigenvalue weighted by Crippen LogP contribution is -3.00. The van der Waals surface area contributed by atoms with Gasteiger partial charge in [-0.25, -0.2) is 0 Å². The van der Waals surface area contributed by atoms with Crippen molar-refractivity contribution in [3.8, 4) is 0 Å². The van der Waals surface area contributed by atoms with E-state index in [-0.39, 0.29) is 17.0 Å². The average Bonchev–Trinajstić information content (AvgIpc) is 2.80. The molecule has 3 heterocycles. The van der Waals surface area contributed by atoms with Gasteiger partial charge in [0.2, 0.25) is 0 Å². The number of hydrogen-bond donors (Lipinski definition) is 1. The SMILES string of the molecule is C[N+]1(C)C2CCC1CC(CC(O)(c1ccccc1)c1ccccn1)C2.[Br-]. The quantitative estimate of drug-likeness (QED) is 0.745. The highest BCUT2D eigenvalue weighted by atomic mass is 79.9. The summed E-state index contributed by atoms with van der Waals surface area (Å²) in [5.41, 5.74) is 0.731. The van der Waals surface area contributed by atoms with Crippen LogP contribution in [-0.2, 0) is 5.60 Å². The molecular formula is C22H29BrN2O. The van der Waals surface area contributed by atoms with Gasteiger partial charge in [0.15, 0.2) is 0 Å². The van der Waals surface area contributed by atoms with Crippen molar-refractivity contribution >= 4 is 0 Å². The van der Waals surface area contributed by atoms with Crippen LogP contribution in [0.4, 0.5) is 0 Å². The van der Waals surface area contributed by atoms with Crippen molar-refractivity contribution in [1.29, 1.82) is 0 Å². The van der Waals surface area contributed by atoms with E-state index < -0.39 is 5.60 Å². The van der Waals surface area contributed by atoms with Crippen molar-refractivity contribution < 1.29 is 26.6 Å². The fourth-order valence-corrected chi connectivity index (χ4v) is 5.27. The predicted molar refractivity (Wildman–Crippen MR) is 99.9 cm³/mol. The topological polar surface area (TPSA) is 33.1 Å². The fourth-order valence-electron chi connectivity index (χ4n) is 5.27. The van der Waals surface area contributed by atoms with Crippen molar-refractivity contribution in [1.82, 2.24) is 4.98 Å². The van der Waals surface area contributed by atoms with E-state index in [4.69, 9.17) is 0 Å². The monoisotopic (exact) mass is 416 g/mol. The minimum absolute atomic E-state index is 0. The van der Waals surface area contributed by atoms with E-state index in [2.05, 4.69) is 19.1 Å². The molecule has 4 rings (SSSR count). The molecule has 2 saturated heterocycles. The van der Waals surface area contributed by atoms with Crippen LogP contribution in [0.3, 0.4) is 0 Å². The largest absolute Gasteiger partial charge is 1.00 e. The molecule has 0 amide bonds. The molecule has 2 bridgehead atoms. The molecule has 1 N–H and O–H groups in total. The minimum atomic E-state index is -0.999. The smallest absolute Gasteiger partial charge is 0.132 e. The molecule has 4 heteroatoms. The molecule has 140 valence electrons. The molecule has 0 spiro atoms. The van der Waals surface area contributed by atoms with Crippen LogP contribution in [0.15, 0.2) is 54.7 Å². The van der Waals surface area contributed by atoms with Crippen molar-refractivity contribution in [2.24, 2.45) is 5.92 Å². The summed E-state index contributed by atoms with van der Waals surface area (Å²) in [5.74, 6) is 0.552. The highest BCUT2D eigenvalue weighted by molar-refractivity contribution is 5.32. The zero-order chi connectivity index (χ0) is 17.5. The summed E-state index contributed by atoms with van der Waals surface area (Å²) in [6.07, 6.45) is 7.65. The zero-order valence-corrected chi connectivity index (χ0v) is 17.3. The lowest BCUT2D eigenvalue weighted by molar-refractivity contribution is -0.931. The van der Waals surface area contributed by atoms with Crippen LogP contribution in [0.2, 0.25) is 0 Å². The van der Waals surface area contributed by atoms with Crippen molar-refractivity contribution in [2.75, 3.05) is 14.1 Å². The van der Waals surface area contributed by atoms with Crippen molar-refractivity contribution in [3.63, 3.8) is 0 Å². The van der Waals surface area contributed by atoms with E-state index in [9.17, 15) is 5.11 Å². The normalized spacial score (nSPS) is 28.8. The van der Waals surface area contributed by atoms with E-state index in [1.165, 1.54) is 30.2 Å². The Morgan fingerprint density at radius 3 is 2.19 bits per heavy atom. The molecule has 1 aromatic heterocycles. The molecule has 3 atom stereocenters. The molecule has 2 aliphatic heterocycles. The van der Waals surface area contributed by atoms with Crippen LogP contribution in [0.1, 0.15) is 43.4 Å². The maximum absolute atomic E-state index is 11.8. The molecule has 2 fully saturated rings. The Bertz CT molecular complexity index is 664. The van der Waals surface area contributed by atoms with E-state index >= 15 is 0 Å². The number of hydrogen-bond acceptors (Lipinski definition) is 2. The molecule has 3 nitrogen and oxygen atoms in total. The third-order valence-corrected chi connectivity index (χ3v) is 6.85. The molecule has 0 saturated carbocycles. The maximum Gasteiger partial charge on any atom is 0.132 e. The Hall–Kier alpha value is -1.23. The number of benzene rings is 1. The molecule has 3 unspecified atom stereocenters. The summed E-state index contributed by atoms with van der Waals surface area (Å²) in [6.45, 7) is 0. The number of aliphatic hydroxyl groups is 1. The Morgan fingerprint density at radius 1 is 1.00 bits per heavy atom. The van der Waals surface area contributed by atoms with Gasteiger partial charge in [-0.15, -0.1) is 0 Å². The van der Waals surface area contributed by atoms with Gasteiger partial charge >= 0.3 is 0 Å². The number of rotatable bonds is 4. The second kappa shape index (κ2) is 7.41. The maximum atomic E-state index is 11.8. The number of piperidine rings is 1. The summed E-state index contributed by atoms with van der Waals surface area (Å²) < 4.78 is 1.17. The molecular weight excluding hydrogens is 388 g/mol. The number of quaternary nitrogens is 1. The molecule has 1 aromatic carbocycles. The Labute approximate surface area is 167 Å². The lowest BCUT2D eigenvalue weighted by Gasteiger charge is -2.45. The van der Waals surface area contributed by atoms with Gasteiger partial charge in [0, 0.05) is 31.9 Å². The summed E-state index contributed by atoms with van der Waals surface area (Å²) in [6, 6.07) is 17.4. The van der Waals surface area contributed by atoms with Gasteiger partial charge in [0.05, 0.1) is 31.9 Å². The van der Waals surface area contributed by atoms with Crippen LogP contribution >= 0.6 is 0 Å². The van der Waals surface area contributed by atoms with Gasteiger partial charge in [-0.2, -0.15) is 0 Å². The average molecular weight is 417 g/mol. The van der Waals surface area contributed by atoms with Gasteiger partial charge in [-0.05, 0) is 30.0 Å². The summed E-state index contributed by atoms with van der Waals surface area (Å²) >= 11 is 0. The number of nitrogens with zero attached hydrogens (tertiary/aromatic N) is 2. The number of aromatic nitrogens is 1. The lowest BCUT2D eigenvalue weighted by atomic mass is 9.76. The van der Waals surface area contributed by atoms with Crippen LogP contribution in [0.5, 0.6) is 0 Å². The van der Waals surface area contributed by atoms with Crippen LogP contribution < -0.4 is 17.0 Å². The molecule has 26 heavy (non-hydrogen) atoms.